The van der Waals surface area contributed by atoms with Crippen molar-refractivity contribution in [1.82, 2.24) is 9.78 Å². The van der Waals surface area contributed by atoms with Gasteiger partial charge in [0.2, 0.25) is 0 Å². The molecule has 17 heavy (non-hydrogen) atoms. The SMILES string of the molecule is Cn1ncc([N+](=O)[O-])c1C1(C(=O)O)CC(O)C1. The molecule has 1 heterocycles. The van der Waals surface area contributed by atoms with Gasteiger partial charge in [-0.2, -0.15) is 5.10 Å². The van der Waals surface area contributed by atoms with Crippen molar-refractivity contribution in [3.63, 3.8) is 0 Å². The van der Waals surface area contributed by atoms with Crippen LogP contribution < -0.4 is 0 Å². The summed E-state index contributed by atoms with van der Waals surface area (Å²) in [7, 11) is 1.46. The van der Waals surface area contributed by atoms with Gasteiger partial charge in [0.15, 0.2) is 0 Å². The Hall–Kier alpha value is -1.96. The summed E-state index contributed by atoms with van der Waals surface area (Å²) in [4.78, 5) is 21.5. The standard InChI is InChI=1S/C9H11N3O5/c1-11-7(6(4-10-11)12(16)17)9(8(14)15)2-5(13)3-9/h4-5,13H,2-3H2,1H3,(H,14,15). The summed E-state index contributed by atoms with van der Waals surface area (Å²) in [6, 6.07) is 0. The van der Waals surface area contributed by atoms with Crippen molar-refractivity contribution in [3.8, 4) is 0 Å². The van der Waals surface area contributed by atoms with Crippen LogP contribution in [0.1, 0.15) is 18.5 Å². The average molecular weight is 241 g/mol. The molecule has 2 rings (SSSR count). The van der Waals surface area contributed by atoms with E-state index in [-0.39, 0.29) is 24.2 Å². The van der Waals surface area contributed by atoms with Gasteiger partial charge in [-0.25, -0.2) is 0 Å². The van der Waals surface area contributed by atoms with Crippen molar-refractivity contribution < 1.29 is 19.9 Å². The maximum atomic E-state index is 11.3. The molecule has 8 heteroatoms. The molecule has 1 saturated carbocycles. The Bertz CT molecular complexity index is 489. The molecule has 0 saturated heterocycles. The molecular weight excluding hydrogens is 230 g/mol. The number of aliphatic carboxylic acids is 1. The molecule has 92 valence electrons. The van der Waals surface area contributed by atoms with E-state index < -0.39 is 22.4 Å². The largest absolute Gasteiger partial charge is 0.481 e. The van der Waals surface area contributed by atoms with Gasteiger partial charge < -0.3 is 10.2 Å². The Morgan fingerprint density at radius 1 is 1.71 bits per heavy atom. The van der Waals surface area contributed by atoms with Crippen LogP contribution >= 0.6 is 0 Å². The maximum Gasteiger partial charge on any atom is 0.316 e. The lowest BCUT2D eigenvalue weighted by atomic mass is 9.64. The first-order valence-corrected chi connectivity index (χ1v) is 4.97. The first-order chi connectivity index (χ1) is 7.88. The van der Waals surface area contributed by atoms with Gasteiger partial charge in [0.1, 0.15) is 17.3 Å². The Morgan fingerprint density at radius 3 is 2.71 bits per heavy atom. The lowest BCUT2D eigenvalue weighted by Gasteiger charge is -2.40. The summed E-state index contributed by atoms with van der Waals surface area (Å²) < 4.78 is 1.19. The Kier molecular flexibility index (Phi) is 2.39. The van der Waals surface area contributed by atoms with Gasteiger partial charge in [-0.05, 0) is 12.8 Å². The second-order valence-corrected chi connectivity index (χ2v) is 4.21. The number of aliphatic hydroxyl groups is 1. The summed E-state index contributed by atoms with van der Waals surface area (Å²) >= 11 is 0. The number of carbonyl (C=O) groups is 1. The van der Waals surface area contributed by atoms with Crippen molar-refractivity contribution in [2.24, 2.45) is 7.05 Å². The monoisotopic (exact) mass is 241 g/mol. The van der Waals surface area contributed by atoms with Gasteiger partial charge in [0.25, 0.3) is 0 Å². The molecule has 0 unspecified atom stereocenters. The summed E-state index contributed by atoms with van der Waals surface area (Å²) in [5.74, 6) is -1.17. The zero-order valence-electron chi connectivity index (χ0n) is 9.03. The number of rotatable bonds is 3. The maximum absolute atomic E-state index is 11.3. The van der Waals surface area contributed by atoms with Crippen LogP contribution in [0.3, 0.4) is 0 Å². The molecule has 0 aromatic carbocycles. The van der Waals surface area contributed by atoms with Gasteiger partial charge in [-0.1, -0.05) is 0 Å². The fourth-order valence-corrected chi connectivity index (χ4v) is 2.33. The van der Waals surface area contributed by atoms with E-state index in [1.165, 1.54) is 11.7 Å². The molecule has 1 aliphatic rings. The highest BCUT2D eigenvalue weighted by Crippen LogP contribution is 2.47. The highest BCUT2D eigenvalue weighted by Gasteiger charge is 2.56. The second-order valence-electron chi connectivity index (χ2n) is 4.21. The Balaban J connectivity index is 2.55. The van der Waals surface area contributed by atoms with E-state index in [2.05, 4.69) is 5.10 Å². The van der Waals surface area contributed by atoms with E-state index in [4.69, 9.17) is 0 Å². The fraction of sp³-hybridized carbons (Fsp3) is 0.556. The number of nitro groups is 1. The van der Waals surface area contributed by atoms with E-state index in [0.717, 1.165) is 6.20 Å². The van der Waals surface area contributed by atoms with Gasteiger partial charge >= 0.3 is 11.7 Å². The zero-order valence-corrected chi connectivity index (χ0v) is 9.03. The number of carboxylic acid groups (broad SMARTS) is 1. The van der Waals surface area contributed by atoms with Crippen molar-refractivity contribution >= 4 is 11.7 Å². The lowest BCUT2D eigenvalue weighted by molar-refractivity contribution is -0.386. The molecule has 0 amide bonds. The zero-order chi connectivity index (χ0) is 12.8. The highest BCUT2D eigenvalue weighted by molar-refractivity contribution is 5.83. The lowest BCUT2D eigenvalue weighted by Crippen LogP contribution is -2.51. The summed E-state index contributed by atoms with van der Waals surface area (Å²) in [5, 5.41) is 33.1. The third kappa shape index (κ3) is 1.48. The summed E-state index contributed by atoms with van der Waals surface area (Å²) in [6.07, 6.45) is 0.247. The number of carboxylic acids is 1. The summed E-state index contributed by atoms with van der Waals surface area (Å²) in [6.45, 7) is 0. The molecule has 1 aromatic rings. The van der Waals surface area contributed by atoms with Gasteiger partial charge in [-0.15, -0.1) is 0 Å². The quantitative estimate of drug-likeness (QED) is 0.559. The van der Waals surface area contributed by atoms with E-state index in [1.807, 2.05) is 0 Å². The molecule has 0 spiro atoms. The minimum atomic E-state index is -1.40. The van der Waals surface area contributed by atoms with Crippen molar-refractivity contribution in [2.75, 3.05) is 0 Å². The number of hydrogen-bond acceptors (Lipinski definition) is 5. The molecule has 0 radical (unpaired) electrons. The number of hydrogen-bond donors (Lipinski definition) is 2. The molecule has 0 bridgehead atoms. The number of nitrogens with zero attached hydrogens (tertiary/aromatic N) is 3. The number of aliphatic hydroxyl groups excluding tert-OH is 1. The van der Waals surface area contributed by atoms with Crippen LogP contribution in [0.2, 0.25) is 0 Å². The molecular formula is C9H11N3O5. The van der Waals surface area contributed by atoms with Crippen LogP contribution in [-0.4, -0.2) is 37.0 Å². The number of aryl methyl sites for hydroxylation is 1. The van der Waals surface area contributed by atoms with Crippen molar-refractivity contribution in [3.05, 3.63) is 22.0 Å². The molecule has 0 atom stereocenters. The van der Waals surface area contributed by atoms with Crippen LogP contribution in [0.5, 0.6) is 0 Å². The molecule has 1 aliphatic carbocycles. The van der Waals surface area contributed by atoms with Gasteiger partial charge in [0.05, 0.1) is 11.0 Å². The normalized spacial score (nSPS) is 27.5. The van der Waals surface area contributed by atoms with E-state index in [9.17, 15) is 25.1 Å². The topological polar surface area (TPSA) is 118 Å². The molecule has 8 nitrogen and oxygen atoms in total. The third-order valence-electron chi connectivity index (χ3n) is 3.15. The minimum absolute atomic E-state index is 0.0251. The first kappa shape index (κ1) is 11.5. The molecule has 1 fully saturated rings. The van der Waals surface area contributed by atoms with E-state index in [1.54, 1.807) is 0 Å². The fourth-order valence-electron chi connectivity index (χ4n) is 2.33. The third-order valence-corrected chi connectivity index (χ3v) is 3.15. The molecule has 0 aliphatic heterocycles. The van der Waals surface area contributed by atoms with Crippen molar-refractivity contribution in [2.45, 2.75) is 24.4 Å². The highest BCUT2D eigenvalue weighted by atomic mass is 16.6. The Labute approximate surface area is 95.6 Å². The molecule has 2 N–H and O–H groups in total. The number of aromatic nitrogens is 2. The average Bonchev–Trinajstić information content (AvgIpc) is 2.55. The van der Waals surface area contributed by atoms with Crippen LogP contribution in [0, 0.1) is 10.1 Å². The molecule has 1 aromatic heterocycles. The van der Waals surface area contributed by atoms with Crippen LogP contribution in [0.4, 0.5) is 5.69 Å². The minimum Gasteiger partial charge on any atom is -0.481 e. The van der Waals surface area contributed by atoms with Crippen LogP contribution in [0.25, 0.3) is 0 Å². The predicted molar refractivity (Wildman–Crippen MR) is 54.4 cm³/mol. The van der Waals surface area contributed by atoms with Crippen LogP contribution in [-0.2, 0) is 17.3 Å². The van der Waals surface area contributed by atoms with E-state index >= 15 is 0 Å². The second kappa shape index (κ2) is 3.52. The Morgan fingerprint density at radius 2 is 2.29 bits per heavy atom. The van der Waals surface area contributed by atoms with Crippen LogP contribution in [0.15, 0.2) is 6.20 Å². The van der Waals surface area contributed by atoms with Gasteiger partial charge in [-0.3, -0.25) is 19.6 Å². The smallest absolute Gasteiger partial charge is 0.316 e. The predicted octanol–water partition coefficient (Wildman–Crippen LogP) is -0.195. The first-order valence-electron chi connectivity index (χ1n) is 4.97. The van der Waals surface area contributed by atoms with Gasteiger partial charge in [0, 0.05) is 7.05 Å². The summed E-state index contributed by atoms with van der Waals surface area (Å²) in [5.41, 5.74) is -1.67. The van der Waals surface area contributed by atoms with Crippen molar-refractivity contribution in [1.29, 1.82) is 0 Å². The van der Waals surface area contributed by atoms with E-state index in [0.29, 0.717) is 0 Å².